The Morgan fingerprint density at radius 2 is 1.57 bits per heavy atom. The number of methoxy groups -OCH3 is 1. The molecular weight excluding hydrogens is 469 g/mol. The fourth-order valence-electron chi connectivity index (χ4n) is 4.03. The van der Waals surface area contributed by atoms with E-state index in [1.54, 1.807) is 47.4 Å². The number of hydrogen-bond donors (Lipinski definition) is 0. The van der Waals surface area contributed by atoms with Crippen molar-refractivity contribution in [3.63, 3.8) is 0 Å². The van der Waals surface area contributed by atoms with Crippen LogP contribution in [0.25, 0.3) is 0 Å². The van der Waals surface area contributed by atoms with Crippen LogP contribution >= 0.6 is 0 Å². The monoisotopic (exact) mass is 497 g/mol. The van der Waals surface area contributed by atoms with Crippen LogP contribution in [-0.4, -0.2) is 59.1 Å². The van der Waals surface area contributed by atoms with E-state index in [9.17, 15) is 17.6 Å². The maximum absolute atomic E-state index is 14.2. The SMILES string of the molecule is COc1ccc(S(=O)(=O)N(CC(=O)N2CCN(c3ccccc3F)CC2)c2ccc(C)cc2)cc1. The fraction of sp³-hybridized carbons (Fsp3) is 0.269. The molecule has 0 bridgehead atoms. The Kier molecular flexibility index (Phi) is 7.25. The van der Waals surface area contributed by atoms with E-state index in [1.807, 2.05) is 24.0 Å². The minimum absolute atomic E-state index is 0.0658. The lowest BCUT2D eigenvalue weighted by Crippen LogP contribution is -2.52. The molecule has 3 aromatic rings. The van der Waals surface area contributed by atoms with E-state index >= 15 is 0 Å². The number of amides is 1. The van der Waals surface area contributed by atoms with Crippen LogP contribution in [0.15, 0.2) is 77.7 Å². The third-order valence-electron chi connectivity index (χ3n) is 6.07. The molecule has 1 aliphatic rings. The number of halogens is 1. The molecule has 0 spiro atoms. The van der Waals surface area contributed by atoms with Crippen LogP contribution in [0.4, 0.5) is 15.8 Å². The summed E-state index contributed by atoms with van der Waals surface area (Å²) in [6.45, 7) is 3.24. The van der Waals surface area contributed by atoms with Gasteiger partial charge in [0, 0.05) is 26.2 Å². The van der Waals surface area contributed by atoms with Gasteiger partial charge in [0.1, 0.15) is 18.1 Å². The van der Waals surface area contributed by atoms with Crippen LogP contribution in [0, 0.1) is 12.7 Å². The average Bonchev–Trinajstić information content (AvgIpc) is 2.88. The van der Waals surface area contributed by atoms with E-state index in [2.05, 4.69) is 0 Å². The van der Waals surface area contributed by atoms with Crippen molar-refractivity contribution < 1.29 is 22.3 Å². The van der Waals surface area contributed by atoms with E-state index in [1.165, 1.54) is 25.3 Å². The summed E-state index contributed by atoms with van der Waals surface area (Å²) in [7, 11) is -2.51. The van der Waals surface area contributed by atoms with Gasteiger partial charge in [0.05, 0.1) is 23.4 Å². The van der Waals surface area contributed by atoms with E-state index in [0.717, 1.165) is 9.87 Å². The molecule has 4 rings (SSSR count). The summed E-state index contributed by atoms with van der Waals surface area (Å²) in [5, 5.41) is 0. The van der Waals surface area contributed by atoms with Gasteiger partial charge in [-0.2, -0.15) is 0 Å². The highest BCUT2D eigenvalue weighted by Gasteiger charge is 2.30. The number of para-hydroxylation sites is 1. The molecular formula is C26H28FN3O4S. The Morgan fingerprint density at radius 1 is 0.943 bits per heavy atom. The number of benzene rings is 3. The summed E-state index contributed by atoms with van der Waals surface area (Å²) >= 11 is 0. The van der Waals surface area contributed by atoms with Crippen molar-refractivity contribution in [1.29, 1.82) is 0 Å². The fourth-order valence-corrected chi connectivity index (χ4v) is 5.44. The molecule has 0 radical (unpaired) electrons. The first-order chi connectivity index (χ1) is 16.8. The zero-order chi connectivity index (χ0) is 25.0. The van der Waals surface area contributed by atoms with Crippen molar-refractivity contribution in [3.05, 3.63) is 84.2 Å². The van der Waals surface area contributed by atoms with Gasteiger partial charge in [0.25, 0.3) is 10.0 Å². The lowest BCUT2D eigenvalue weighted by atomic mass is 10.2. The van der Waals surface area contributed by atoms with Gasteiger partial charge in [-0.25, -0.2) is 12.8 Å². The minimum Gasteiger partial charge on any atom is -0.497 e. The predicted molar refractivity (Wildman–Crippen MR) is 134 cm³/mol. The maximum atomic E-state index is 14.2. The van der Waals surface area contributed by atoms with Gasteiger partial charge in [-0.1, -0.05) is 29.8 Å². The Morgan fingerprint density at radius 3 is 2.17 bits per heavy atom. The first kappa shape index (κ1) is 24.5. The van der Waals surface area contributed by atoms with Crippen molar-refractivity contribution in [1.82, 2.24) is 4.90 Å². The van der Waals surface area contributed by atoms with Crippen LogP contribution in [0.1, 0.15) is 5.56 Å². The Hall–Kier alpha value is -3.59. The number of rotatable bonds is 7. The summed E-state index contributed by atoms with van der Waals surface area (Å²) < 4.78 is 47.6. The second-order valence-electron chi connectivity index (χ2n) is 8.34. The zero-order valence-corrected chi connectivity index (χ0v) is 20.5. The van der Waals surface area contributed by atoms with Crippen LogP contribution < -0.4 is 13.9 Å². The smallest absolute Gasteiger partial charge is 0.264 e. The summed E-state index contributed by atoms with van der Waals surface area (Å²) in [6.07, 6.45) is 0. The summed E-state index contributed by atoms with van der Waals surface area (Å²) in [6, 6.07) is 19.6. The van der Waals surface area contributed by atoms with E-state index in [4.69, 9.17) is 4.74 Å². The van der Waals surface area contributed by atoms with Gasteiger partial charge in [-0.15, -0.1) is 0 Å². The van der Waals surface area contributed by atoms with Gasteiger partial charge >= 0.3 is 0 Å². The van der Waals surface area contributed by atoms with Gasteiger partial charge in [0.15, 0.2) is 0 Å². The number of aryl methyl sites for hydroxylation is 1. The molecule has 0 aliphatic carbocycles. The lowest BCUT2D eigenvalue weighted by molar-refractivity contribution is -0.129. The number of carbonyl (C=O) groups is 1. The molecule has 9 heteroatoms. The van der Waals surface area contributed by atoms with Crippen molar-refractivity contribution in [2.75, 3.05) is 49.0 Å². The molecule has 1 saturated heterocycles. The van der Waals surface area contributed by atoms with Crippen molar-refractivity contribution >= 4 is 27.3 Å². The molecule has 1 heterocycles. The number of hydrogen-bond acceptors (Lipinski definition) is 5. The van der Waals surface area contributed by atoms with Crippen molar-refractivity contribution in [3.8, 4) is 5.75 Å². The van der Waals surface area contributed by atoms with Crippen LogP contribution in [0.2, 0.25) is 0 Å². The van der Waals surface area contributed by atoms with Crippen LogP contribution in [0.3, 0.4) is 0 Å². The van der Waals surface area contributed by atoms with Gasteiger partial charge in [-0.3, -0.25) is 9.10 Å². The first-order valence-electron chi connectivity index (χ1n) is 11.3. The largest absolute Gasteiger partial charge is 0.497 e. The van der Waals surface area contributed by atoms with E-state index < -0.39 is 10.0 Å². The number of piperazine rings is 1. The maximum Gasteiger partial charge on any atom is 0.264 e. The first-order valence-corrected chi connectivity index (χ1v) is 12.7. The van der Waals surface area contributed by atoms with E-state index in [-0.39, 0.29) is 23.2 Å². The highest BCUT2D eigenvalue weighted by molar-refractivity contribution is 7.92. The summed E-state index contributed by atoms with van der Waals surface area (Å²) in [5.74, 6) is -0.0751. The van der Waals surface area contributed by atoms with Crippen LogP contribution in [0.5, 0.6) is 5.75 Å². The molecule has 0 saturated carbocycles. The minimum atomic E-state index is -4.01. The quantitative estimate of drug-likeness (QED) is 0.498. The number of ether oxygens (including phenoxy) is 1. The summed E-state index contributed by atoms with van der Waals surface area (Å²) in [4.78, 5) is 16.8. The third kappa shape index (κ3) is 5.40. The second-order valence-corrected chi connectivity index (χ2v) is 10.2. The molecule has 1 fully saturated rings. The lowest BCUT2D eigenvalue weighted by Gasteiger charge is -2.37. The summed E-state index contributed by atoms with van der Waals surface area (Å²) in [5.41, 5.74) is 1.89. The van der Waals surface area contributed by atoms with Crippen molar-refractivity contribution in [2.24, 2.45) is 0 Å². The number of nitrogens with zero attached hydrogens (tertiary/aromatic N) is 3. The van der Waals surface area contributed by atoms with Crippen molar-refractivity contribution in [2.45, 2.75) is 11.8 Å². The van der Waals surface area contributed by atoms with Crippen LogP contribution in [-0.2, 0) is 14.8 Å². The average molecular weight is 498 g/mol. The molecule has 3 aromatic carbocycles. The topological polar surface area (TPSA) is 70.2 Å². The molecule has 0 atom stereocenters. The molecule has 0 aromatic heterocycles. The predicted octanol–water partition coefficient (Wildman–Crippen LogP) is 3.69. The molecule has 7 nitrogen and oxygen atoms in total. The number of sulfonamides is 1. The molecule has 0 unspecified atom stereocenters. The van der Waals surface area contributed by atoms with Gasteiger partial charge < -0.3 is 14.5 Å². The van der Waals surface area contributed by atoms with Gasteiger partial charge in [-0.05, 0) is 55.5 Å². The van der Waals surface area contributed by atoms with E-state index in [0.29, 0.717) is 43.3 Å². The third-order valence-corrected chi connectivity index (χ3v) is 7.86. The standard InChI is InChI=1S/C26H28FN3O4S/c1-20-7-9-21(10-8-20)30(35(32,33)23-13-11-22(34-2)12-14-23)19-26(31)29-17-15-28(16-18-29)25-6-4-3-5-24(25)27/h3-14H,15-19H2,1-2H3. The Labute approximate surface area is 205 Å². The highest BCUT2D eigenvalue weighted by Crippen LogP contribution is 2.26. The number of anilines is 2. The van der Waals surface area contributed by atoms with Gasteiger partial charge in [0.2, 0.25) is 5.91 Å². The second kappa shape index (κ2) is 10.4. The zero-order valence-electron chi connectivity index (χ0n) is 19.7. The Balaban J connectivity index is 1.54. The normalized spacial score (nSPS) is 14.0. The molecule has 1 amide bonds. The highest BCUT2D eigenvalue weighted by atomic mass is 32.2. The number of carbonyl (C=O) groups excluding carboxylic acids is 1. The Bertz CT molecular complexity index is 1270. The molecule has 0 N–H and O–H groups in total. The molecule has 35 heavy (non-hydrogen) atoms. The molecule has 1 aliphatic heterocycles. The molecule has 184 valence electrons.